The summed E-state index contributed by atoms with van der Waals surface area (Å²) in [6, 6.07) is 14.2. The van der Waals surface area contributed by atoms with Gasteiger partial charge in [-0.3, -0.25) is 4.79 Å². The second kappa shape index (κ2) is 5.88. The van der Waals surface area contributed by atoms with Crippen molar-refractivity contribution in [3.63, 3.8) is 0 Å². The maximum Gasteiger partial charge on any atom is 0.248 e. The van der Waals surface area contributed by atoms with Crippen LogP contribution in [-0.4, -0.2) is 11.6 Å². The molecule has 20 heavy (non-hydrogen) atoms. The number of nitrogens with two attached hydrogens (primary N) is 2. The van der Waals surface area contributed by atoms with Crippen LogP contribution in [0.3, 0.4) is 0 Å². The van der Waals surface area contributed by atoms with Gasteiger partial charge in [0, 0.05) is 17.3 Å². The first-order chi connectivity index (χ1) is 9.56. The first kappa shape index (κ1) is 13.6. The summed E-state index contributed by atoms with van der Waals surface area (Å²) in [6.07, 6.45) is 0. The highest BCUT2D eigenvalue weighted by Crippen LogP contribution is 2.19. The van der Waals surface area contributed by atoms with E-state index in [1.54, 1.807) is 6.07 Å². The van der Waals surface area contributed by atoms with Crippen LogP contribution in [-0.2, 0) is 0 Å². The van der Waals surface area contributed by atoms with E-state index in [2.05, 4.69) is 5.16 Å². The summed E-state index contributed by atoms with van der Waals surface area (Å²) >= 11 is 0. The minimum Gasteiger partial charge on any atom is -0.399 e. The van der Waals surface area contributed by atoms with Gasteiger partial charge < -0.3 is 16.3 Å². The standard InChI is InChI=1S/C15H15N3O2/c1-10(11-5-3-2-4-6-11)18-20-14-8-12(15(17)19)7-13(16)9-14/h2-9H,16H2,1H3,(H2,17,19). The second-order valence-electron chi connectivity index (χ2n) is 4.29. The molecule has 2 rings (SSSR count). The minimum absolute atomic E-state index is 0.285. The Kier molecular flexibility index (Phi) is 4.00. The van der Waals surface area contributed by atoms with Crippen LogP contribution in [0.1, 0.15) is 22.8 Å². The fraction of sp³-hybridized carbons (Fsp3) is 0.0667. The Labute approximate surface area is 116 Å². The van der Waals surface area contributed by atoms with Crippen molar-refractivity contribution in [3.05, 3.63) is 59.7 Å². The Morgan fingerprint density at radius 3 is 2.45 bits per heavy atom. The predicted octanol–water partition coefficient (Wildman–Crippen LogP) is 2.17. The van der Waals surface area contributed by atoms with Crippen LogP contribution in [0.5, 0.6) is 5.75 Å². The number of nitrogen functional groups attached to an aromatic ring is 1. The molecule has 0 saturated heterocycles. The first-order valence-corrected chi connectivity index (χ1v) is 6.03. The van der Waals surface area contributed by atoms with E-state index < -0.39 is 5.91 Å². The SMILES string of the molecule is CC(=NOc1cc(N)cc(C(N)=O)c1)c1ccccc1. The van der Waals surface area contributed by atoms with Crippen molar-refractivity contribution in [3.8, 4) is 5.75 Å². The lowest BCUT2D eigenvalue weighted by molar-refractivity contribution is 0.1000. The summed E-state index contributed by atoms with van der Waals surface area (Å²) in [7, 11) is 0. The second-order valence-corrected chi connectivity index (χ2v) is 4.29. The van der Waals surface area contributed by atoms with Crippen LogP contribution in [0.4, 0.5) is 5.69 Å². The van der Waals surface area contributed by atoms with Crippen molar-refractivity contribution >= 4 is 17.3 Å². The Balaban J connectivity index is 2.20. The molecule has 0 radical (unpaired) electrons. The molecule has 5 heteroatoms. The van der Waals surface area contributed by atoms with E-state index in [0.29, 0.717) is 17.1 Å². The quantitative estimate of drug-likeness (QED) is 0.506. The largest absolute Gasteiger partial charge is 0.399 e. The Hall–Kier alpha value is -2.82. The topological polar surface area (TPSA) is 90.7 Å². The molecule has 2 aromatic carbocycles. The van der Waals surface area contributed by atoms with Crippen LogP contribution in [0.25, 0.3) is 0 Å². The maximum absolute atomic E-state index is 11.1. The number of amides is 1. The summed E-state index contributed by atoms with van der Waals surface area (Å²) in [5.41, 5.74) is 13.2. The molecule has 0 aliphatic rings. The number of primary amides is 1. The molecule has 102 valence electrons. The molecule has 0 aliphatic heterocycles. The number of hydrogen-bond donors (Lipinski definition) is 2. The van der Waals surface area contributed by atoms with Crippen LogP contribution in [0.2, 0.25) is 0 Å². The smallest absolute Gasteiger partial charge is 0.248 e. The van der Waals surface area contributed by atoms with Gasteiger partial charge in [-0.1, -0.05) is 35.5 Å². The van der Waals surface area contributed by atoms with E-state index in [1.807, 2.05) is 37.3 Å². The minimum atomic E-state index is -0.564. The number of benzene rings is 2. The molecule has 0 aromatic heterocycles. The fourth-order valence-corrected chi connectivity index (χ4v) is 1.67. The maximum atomic E-state index is 11.1. The first-order valence-electron chi connectivity index (χ1n) is 6.03. The molecule has 2 aromatic rings. The lowest BCUT2D eigenvalue weighted by Gasteiger charge is -2.05. The van der Waals surface area contributed by atoms with Crippen LogP contribution in [0, 0.1) is 0 Å². The van der Waals surface area contributed by atoms with E-state index in [0.717, 1.165) is 5.56 Å². The average Bonchev–Trinajstić information content (AvgIpc) is 2.45. The molecule has 0 bridgehead atoms. The third-order valence-corrected chi connectivity index (χ3v) is 2.69. The van der Waals surface area contributed by atoms with Crippen molar-refractivity contribution in [1.82, 2.24) is 0 Å². The van der Waals surface area contributed by atoms with Gasteiger partial charge >= 0.3 is 0 Å². The van der Waals surface area contributed by atoms with Crippen molar-refractivity contribution in [2.75, 3.05) is 5.73 Å². The van der Waals surface area contributed by atoms with E-state index in [-0.39, 0.29) is 5.56 Å². The number of anilines is 1. The van der Waals surface area contributed by atoms with Crippen LogP contribution >= 0.6 is 0 Å². The monoisotopic (exact) mass is 269 g/mol. The van der Waals surface area contributed by atoms with Crippen molar-refractivity contribution in [2.24, 2.45) is 10.9 Å². The van der Waals surface area contributed by atoms with Gasteiger partial charge in [0.15, 0.2) is 5.75 Å². The Morgan fingerprint density at radius 2 is 1.80 bits per heavy atom. The summed E-state index contributed by atoms with van der Waals surface area (Å²) in [4.78, 5) is 16.4. The zero-order valence-electron chi connectivity index (χ0n) is 11.0. The number of carbonyl (C=O) groups is 1. The van der Waals surface area contributed by atoms with Crippen LogP contribution < -0.4 is 16.3 Å². The fourth-order valence-electron chi connectivity index (χ4n) is 1.67. The Morgan fingerprint density at radius 1 is 1.10 bits per heavy atom. The molecule has 0 aliphatic carbocycles. The number of rotatable bonds is 4. The molecule has 0 fully saturated rings. The highest BCUT2D eigenvalue weighted by Gasteiger charge is 2.05. The van der Waals surface area contributed by atoms with E-state index in [4.69, 9.17) is 16.3 Å². The van der Waals surface area contributed by atoms with Gasteiger partial charge in [0.25, 0.3) is 0 Å². The molecule has 0 atom stereocenters. The molecule has 0 heterocycles. The van der Waals surface area contributed by atoms with Gasteiger partial charge in [0.2, 0.25) is 5.91 Å². The van der Waals surface area contributed by atoms with Crippen molar-refractivity contribution in [1.29, 1.82) is 0 Å². The third-order valence-electron chi connectivity index (χ3n) is 2.69. The van der Waals surface area contributed by atoms with Gasteiger partial charge in [0.1, 0.15) is 0 Å². The highest BCUT2D eigenvalue weighted by molar-refractivity contribution is 5.98. The summed E-state index contributed by atoms with van der Waals surface area (Å²) in [5, 5.41) is 4.02. The zero-order valence-corrected chi connectivity index (χ0v) is 11.0. The summed E-state index contributed by atoms with van der Waals surface area (Å²) in [5.74, 6) is -0.194. The number of carbonyl (C=O) groups excluding carboxylic acids is 1. The number of oxime groups is 1. The highest BCUT2D eigenvalue weighted by atomic mass is 16.6. The van der Waals surface area contributed by atoms with Crippen molar-refractivity contribution in [2.45, 2.75) is 6.92 Å². The van der Waals surface area contributed by atoms with Gasteiger partial charge in [-0.2, -0.15) is 0 Å². The molecule has 4 N–H and O–H groups in total. The lowest BCUT2D eigenvalue weighted by atomic mass is 10.1. The zero-order chi connectivity index (χ0) is 14.5. The number of nitrogens with zero attached hydrogens (tertiary/aromatic N) is 1. The van der Waals surface area contributed by atoms with E-state index in [1.165, 1.54) is 12.1 Å². The molecule has 1 amide bonds. The number of hydrogen-bond acceptors (Lipinski definition) is 4. The molecular weight excluding hydrogens is 254 g/mol. The average molecular weight is 269 g/mol. The lowest BCUT2D eigenvalue weighted by Crippen LogP contribution is -2.11. The normalized spacial score (nSPS) is 11.2. The van der Waals surface area contributed by atoms with Gasteiger partial charge in [0.05, 0.1) is 5.71 Å². The molecule has 0 spiro atoms. The third kappa shape index (κ3) is 3.35. The summed E-state index contributed by atoms with van der Waals surface area (Å²) < 4.78 is 0. The van der Waals surface area contributed by atoms with E-state index >= 15 is 0 Å². The molecule has 0 unspecified atom stereocenters. The van der Waals surface area contributed by atoms with Gasteiger partial charge in [-0.15, -0.1) is 0 Å². The van der Waals surface area contributed by atoms with Gasteiger partial charge in [-0.05, 0) is 24.6 Å². The molecule has 0 saturated carbocycles. The molecule has 5 nitrogen and oxygen atoms in total. The summed E-state index contributed by atoms with van der Waals surface area (Å²) in [6.45, 7) is 1.83. The molecular formula is C15H15N3O2. The van der Waals surface area contributed by atoms with Crippen molar-refractivity contribution < 1.29 is 9.63 Å². The van der Waals surface area contributed by atoms with Crippen LogP contribution in [0.15, 0.2) is 53.7 Å². The van der Waals surface area contributed by atoms with Gasteiger partial charge in [-0.25, -0.2) is 0 Å². The predicted molar refractivity (Wildman–Crippen MR) is 78.7 cm³/mol. The Bertz CT molecular complexity index is 651. The van der Waals surface area contributed by atoms with E-state index in [9.17, 15) is 4.79 Å².